The maximum absolute atomic E-state index is 5.82. The lowest BCUT2D eigenvalue weighted by molar-refractivity contribution is 0.526. The van der Waals surface area contributed by atoms with Crippen LogP contribution in [0.2, 0.25) is 0 Å². The average Bonchev–Trinajstić information content (AvgIpc) is 2.73. The molecule has 0 aliphatic carbocycles. The van der Waals surface area contributed by atoms with Crippen LogP contribution < -0.4 is 5.73 Å². The summed E-state index contributed by atoms with van der Waals surface area (Å²) in [6.07, 6.45) is 1.72. The van der Waals surface area contributed by atoms with E-state index in [1.54, 1.807) is 18.0 Å². The van der Waals surface area contributed by atoms with Gasteiger partial charge in [-0.1, -0.05) is 30.3 Å². The van der Waals surface area contributed by atoms with Crippen LogP contribution in [0.15, 0.2) is 52.0 Å². The van der Waals surface area contributed by atoms with Gasteiger partial charge in [-0.15, -0.1) is 11.8 Å². The van der Waals surface area contributed by atoms with E-state index in [0.29, 0.717) is 6.54 Å². The highest BCUT2D eigenvalue weighted by Crippen LogP contribution is 2.36. The third kappa shape index (κ3) is 2.49. The molecule has 2 aromatic rings. The van der Waals surface area contributed by atoms with Crippen molar-refractivity contribution < 1.29 is 4.42 Å². The Labute approximate surface area is 99.8 Å². The molecule has 0 saturated carbocycles. The fraction of sp³-hybridized carbons (Fsp3) is 0.231. The minimum atomic E-state index is 0.289. The van der Waals surface area contributed by atoms with Gasteiger partial charge in [0.15, 0.2) is 0 Å². The second-order valence-electron chi connectivity index (χ2n) is 3.59. The molecule has 0 fully saturated rings. The summed E-state index contributed by atoms with van der Waals surface area (Å²) in [4.78, 5) is 1.17. The van der Waals surface area contributed by atoms with Crippen LogP contribution in [-0.2, 0) is 0 Å². The lowest BCUT2D eigenvalue weighted by atomic mass is 10.1. The van der Waals surface area contributed by atoms with Gasteiger partial charge in [0.25, 0.3) is 0 Å². The average molecular weight is 233 g/mol. The van der Waals surface area contributed by atoms with E-state index in [4.69, 9.17) is 10.2 Å². The number of nitrogens with two attached hydrogens (primary N) is 1. The molecule has 1 aromatic heterocycles. The number of aryl methyl sites for hydroxylation is 1. The quantitative estimate of drug-likeness (QED) is 0.823. The van der Waals surface area contributed by atoms with E-state index in [1.165, 1.54) is 10.5 Å². The van der Waals surface area contributed by atoms with Gasteiger partial charge in [0.2, 0.25) is 0 Å². The van der Waals surface area contributed by atoms with Gasteiger partial charge in [0.1, 0.15) is 5.76 Å². The van der Waals surface area contributed by atoms with E-state index < -0.39 is 0 Å². The van der Waals surface area contributed by atoms with E-state index in [2.05, 4.69) is 12.1 Å². The Morgan fingerprint density at radius 3 is 2.56 bits per heavy atom. The monoisotopic (exact) mass is 233 g/mol. The highest BCUT2D eigenvalue weighted by Gasteiger charge is 2.13. The van der Waals surface area contributed by atoms with E-state index >= 15 is 0 Å². The van der Waals surface area contributed by atoms with Crippen molar-refractivity contribution in [3.05, 3.63) is 54.0 Å². The van der Waals surface area contributed by atoms with Gasteiger partial charge < -0.3 is 10.2 Å². The number of hydrogen-bond donors (Lipinski definition) is 1. The van der Waals surface area contributed by atoms with Crippen molar-refractivity contribution in [3.63, 3.8) is 0 Å². The van der Waals surface area contributed by atoms with Crippen LogP contribution in [0, 0.1) is 6.92 Å². The fourth-order valence-corrected chi connectivity index (χ4v) is 2.61. The Morgan fingerprint density at radius 2 is 2.00 bits per heavy atom. The molecule has 0 aliphatic rings. The molecule has 2 N–H and O–H groups in total. The summed E-state index contributed by atoms with van der Waals surface area (Å²) in [7, 11) is 0. The van der Waals surface area contributed by atoms with Gasteiger partial charge >= 0.3 is 0 Å². The van der Waals surface area contributed by atoms with Crippen molar-refractivity contribution in [1.29, 1.82) is 0 Å². The predicted molar refractivity (Wildman–Crippen MR) is 67.5 cm³/mol. The molecule has 1 atom stereocenters. The van der Waals surface area contributed by atoms with E-state index in [-0.39, 0.29) is 5.25 Å². The summed E-state index contributed by atoms with van der Waals surface area (Å²) >= 11 is 1.76. The summed E-state index contributed by atoms with van der Waals surface area (Å²) in [5.74, 6) is 0.958. The van der Waals surface area contributed by atoms with Gasteiger partial charge in [-0.2, -0.15) is 0 Å². The molecule has 1 unspecified atom stereocenters. The molecule has 84 valence electrons. The molecule has 2 nitrogen and oxygen atoms in total. The third-order valence-electron chi connectivity index (χ3n) is 2.47. The van der Waals surface area contributed by atoms with Crippen LogP contribution in [0.5, 0.6) is 0 Å². The number of hydrogen-bond acceptors (Lipinski definition) is 3. The number of thioether (sulfide) groups is 1. The summed E-state index contributed by atoms with van der Waals surface area (Å²) in [5, 5.41) is 0.289. The zero-order valence-corrected chi connectivity index (χ0v) is 10.0. The van der Waals surface area contributed by atoms with Gasteiger partial charge in [-0.05, 0) is 18.6 Å². The van der Waals surface area contributed by atoms with E-state index in [9.17, 15) is 0 Å². The zero-order valence-electron chi connectivity index (χ0n) is 9.22. The van der Waals surface area contributed by atoms with Crippen molar-refractivity contribution >= 4 is 11.8 Å². The molecule has 3 heteroatoms. The van der Waals surface area contributed by atoms with Gasteiger partial charge in [0, 0.05) is 16.7 Å². The lowest BCUT2D eigenvalue weighted by Crippen LogP contribution is -2.09. The third-order valence-corrected chi connectivity index (χ3v) is 3.89. The highest BCUT2D eigenvalue weighted by atomic mass is 32.2. The summed E-state index contributed by atoms with van der Waals surface area (Å²) in [6.45, 7) is 2.60. The molecular formula is C13H15NOS. The Kier molecular flexibility index (Phi) is 3.70. The Morgan fingerprint density at radius 1 is 1.25 bits per heavy atom. The molecule has 0 radical (unpaired) electrons. The maximum atomic E-state index is 5.82. The second kappa shape index (κ2) is 5.23. The number of benzene rings is 1. The predicted octanol–water partition coefficient (Wildman–Crippen LogP) is 3.38. The first-order valence-electron chi connectivity index (χ1n) is 5.27. The molecule has 0 bridgehead atoms. The normalized spacial score (nSPS) is 12.6. The maximum Gasteiger partial charge on any atom is 0.114 e. The van der Waals surface area contributed by atoms with E-state index in [1.807, 2.05) is 31.2 Å². The first-order valence-corrected chi connectivity index (χ1v) is 6.15. The molecular weight excluding hydrogens is 218 g/mol. The van der Waals surface area contributed by atoms with Crippen LogP contribution in [0.4, 0.5) is 0 Å². The van der Waals surface area contributed by atoms with Crippen LogP contribution in [0.25, 0.3) is 0 Å². The molecule has 0 amide bonds. The molecule has 0 spiro atoms. The second-order valence-corrected chi connectivity index (χ2v) is 4.84. The van der Waals surface area contributed by atoms with Crippen molar-refractivity contribution in [3.8, 4) is 0 Å². The molecule has 1 aromatic carbocycles. The van der Waals surface area contributed by atoms with Crippen LogP contribution in [0.1, 0.15) is 16.6 Å². The van der Waals surface area contributed by atoms with Crippen LogP contribution in [0.3, 0.4) is 0 Å². The minimum absolute atomic E-state index is 0.289. The zero-order chi connectivity index (χ0) is 11.4. The van der Waals surface area contributed by atoms with Crippen molar-refractivity contribution in [2.45, 2.75) is 17.1 Å². The summed E-state index contributed by atoms with van der Waals surface area (Å²) in [5.41, 5.74) is 7.08. The lowest BCUT2D eigenvalue weighted by Gasteiger charge is -2.13. The molecule has 0 aliphatic heterocycles. The fourth-order valence-electron chi connectivity index (χ4n) is 1.57. The Hall–Kier alpha value is -1.19. The van der Waals surface area contributed by atoms with Gasteiger partial charge in [-0.3, -0.25) is 0 Å². The molecule has 2 rings (SSSR count). The molecule has 0 saturated heterocycles. The molecule has 1 heterocycles. The Bertz CT molecular complexity index is 438. The largest absolute Gasteiger partial charge is 0.468 e. The first-order chi connectivity index (χ1) is 7.81. The van der Waals surface area contributed by atoms with Gasteiger partial charge in [-0.25, -0.2) is 0 Å². The standard InChI is InChI=1S/C13H15NOS/c1-10-12(7-8-15-10)16-13(9-14)11-5-3-2-4-6-11/h2-8,13H,9,14H2,1H3. The van der Waals surface area contributed by atoms with E-state index in [0.717, 1.165) is 5.76 Å². The minimum Gasteiger partial charge on any atom is -0.468 e. The van der Waals surface area contributed by atoms with Crippen molar-refractivity contribution in [2.75, 3.05) is 6.54 Å². The van der Waals surface area contributed by atoms with Crippen LogP contribution in [-0.4, -0.2) is 6.54 Å². The molecule has 16 heavy (non-hydrogen) atoms. The summed E-state index contributed by atoms with van der Waals surface area (Å²) < 4.78 is 5.28. The SMILES string of the molecule is Cc1occc1SC(CN)c1ccccc1. The van der Waals surface area contributed by atoms with Crippen LogP contribution >= 0.6 is 11.8 Å². The number of rotatable bonds is 4. The van der Waals surface area contributed by atoms with Gasteiger partial charge in [0.05, 0.1) is 6.26 Å². The first kappa shape index (κ1) is 11.3. The van der Waals surface area contributed by atoms with Crippen molar-refractivity contribution in [1.82, 2.24) is 0 Å². The van der Waals surface area contributed by atoms with Crippen molar-refractivity contribution in [2.24, 2.45) is 5.73 Å². The summed E-state index contributed by atoms with van der Waals surface area (Å²) in [6, 6.07) is 12.3. The highest BCUT2D eigenvalue weighted by molar-refractivity contribution is 7.99. The number of furan rings is 1. The topological polar surface area (TPSA) is 39.2 Å². The Balaban J connectivity index is 2.16. The smallest absolute Gasteiger partial charge is 0.114 e.